The van der Waals surface area contributed by atoms with Gasteiger partial charge in [0.1, 0.15) is 0 Å². The first kappa shape index (κ1) is 26.6. The highest BCUT2D eigenvalue weighted by Crippen LogP contribution is 2.79. The first-order valence-corrected chi connectivity index (χ1v) is 17.6. The van der Waals surface area contributed by atoms with Crippen LogP contribution in [0.3, 0.4) is 0 Å². The summed E-state index contributed by atoms with van der Waals surface area (Å²) in [6.45, 7) is 3.70. The second kappa shape index (κ2) is 10.1. The van der Waals surface area contributed by atoms with Gasteiger partial charge in [0.2, 0.25) is 0 Å². The smallest absolute Gasteiger partial charge is 0.189 e. The molecule has 0 saturated heterocycles. The Morgan fingerprint density at radius 1 is 1.11 bits per heavy atom. The van der Waals surface area contributed by atoms with Gasteiger partial charge in [0.05, 0.1) is 5.54 Å². The fraction of sp³-hybridized carbons (Fsp3) is 0.867. The number of Topliss-reactive ketones (excluding diaryl/α,β-unsaturated/α-hetero) is 1. The molecule has 6 aliphatic rings. The Morgan fingerprint density at radius 2 is 1.95 bits per heavy atom. The number of carbonyl (C=O) groups is 1. The number of allylic oxidation sites excluding steroid dienone is 2. The van der Waals surface area contributed by atoms with Crippen LogP contribution < -0.4 is 11.1 Å². The van der Waals surface area contributed by atoms with Crippen molar-refractivity contribution in [2.45, 2.75) is 109 Å². The molecule has 0 aromatic heterocycles. The highest BCUT2D eigenvalue weighted by Gasteiger charge is 2.72. The zero-order chi connectivity index (χ0) is 25.7. The predicted octanol–water partition coefficient (Wildman–Crippen LogP) is 6.01. The molecular weight excluding hydrogens is 498 g/mol. The SMILES string of the molecule is CC12CCSSCC3(CCCC4=C5CC1CC1(CCCC1)C(CCCCO)C52CC4=O)CCN=C(N)N3. The molecule has 5 bridgehead atoms. The van der Waals surface area contributed by atoms with Gasteiger partial charge < -0.3 is 16.2 Å². The molecule has 5 nitrogen and oxygen atoms in total. The largest absolute Gasteiger partial charge is 0.396 e. The average Bonchev–Trinajstić information content (AvgIpc) is 3.47. The van der Waals surface area contributed by atoms with Gasteiger partial charge in [0, 0.05) is 36.5 Å². The van der Waals surface area contributed by atoms with E-state index in [0.29, 0.717) is 29.7 Å². The van der Waals surface area contributed by atoms with E-state index in [1.54, 1.807) is 5.57 Å². The van der Waals surface area contributed by atoms with E-state index in [1.165, 1.54) is 56.9 Å². The second-order valence-electron chi connectivity index (χ2n) is 13.5. The summed E-state index contributed by atoms with van der Waals surface area (Å²) in [7, 11) is 4.08. The van der Waals surface area contributed by atoms with Crippen molar-refractivity contribution in [3.05, 3.63) is 11.1 Å². The molecule has 0 amide bonds. The molecule has 3 saturated carbocycles. The van der Waals surface area contributed by atoms with Crippen LogP contribution in [-0.4, -0.2) is 47.0 Å². The Balaban J connectivity index is 1.39. The fourth-order valence-corrected chi connectivity index (χ4v) is 13.2. The van der Waals surface area contributed by atoms with Gasteiger partial charge in [-0.15, -0.1) is 0 Å². The number of nitrogens with two attached hydrogens (primary N) is 1. The van der Waals surface area contributed by atoms with Gasteiger partial charge in [-0.3, -0.25) is 9.79 Å². The van der Waals surface area contributed by atoms with Gasteiger partial charge in [0.25, 0.3) is 0 Å². The summed E-state index contributed by atoms with van der Waals surface area (Å²) in [6, 6.07) is 0. The molecule has 2 aliphatic heterocycles. The number of hydrogen-bond acceptors (Lipinski definition) is 7. The maximum atomic E-state index is 14.0. The zero-order valence-electron chi connectivity index (χ0n) is 22.8. The number of aliphatic hydroxyl groups excluding tert-OH is 1. The number of carbonyl (C=O) groups excluding carboxylic acids is 1. The molecule has 0 aromatic carbocycles. The monoisotopic (exact) mass is 545 g/mol. The molecule has 3 fully saturated rings. The van der Waals surface area contributed by atoms with E-state index in [4.69, 9.17) is 5.73 Å². The van der Waals surface area contributed by atoms with Crippen molar-refractivity contribution >= 4 is 33.3 Å². The van der Waals surface area contributed by atoms with E-state index in [0.717, 1.165) is 68.9 Å². The van der Waals surface area contributed by atoms with Gasteiger partial charge in [0.15, 0.2) is 11.7 Å². The van der Waals surface area contributed by atoms with Crippen molar-refractivity contribution in [1.82, 2.24) is 5.32 Å². The summed E-state index contributed by atoms with van der Waals surface area (Å²) >= 11 is 0. The van der Waals surface area contributed by atoms with Crippen LogP contribution in [-0.2, 0) is 4.79 Å². The molecule has 206 valence electrons. The lowest BCUT2D eigenvalue weighted by Crippen LogP contribution is -2.56. The predicted molar refractivity (Wildman–Crippen MR) is 156 cm³/mol. The molecule has 0 aromatic rings. The Labute approximate surface area is 231 Å². The van der Waals surface area contributed by atoms with Crippen molar-refractivity contribution in [3.8, 4) is 0 Å². The van der Waals surface area contributed by atoms with Gasteiger partial charge in [-0.1, -0.05) is 53.3 Å². The highest BCUT2D eigenvalue weighted by atomic mass is 33.1. The number of aliphatic imine (C=N–C) groups is 1. The Hall–Kier alpha value is -0.660. The normalized spacial score (nSPS) is 41.4. The van der Waals surface area contributed by atoms with E-state index in [9.17, 15) is 9.90 Å². The van der Waals surface area contributed by atoms with Crippen LogP contribution in [0.4, 0.5) is 0 Å². The maximum Gasteiger partial charge on any atom is 0.189 e. The highest BCUT2D eigenvalue weighted by molar-refractivity contribution is 8.76. The summed E-state index contributed by atoms with van der Waals surface area (Å²) in [4.78, 5) is 18.4. The minimum absolute atomic E-state index is 0.00165. The lowest BCUT2D eigenvalue weighted by molar-refractivity contribution is -0.134. The lowest BCUT2D eigenvalue weighted by Gasteiger charge is -2.61. The number of nitrogens with one attached hydrogen (secondary N) is 1. The maximum absolute atomic E-state index is 14.0. The summed E-state index contributed by atoms with van der Waals surface area (Å²) in [5.41, 5.74) is 9.73. The molecule has 5 unspecified atom stereocenters. The van der Waals surface area contributed by atoms with Crippen molar-refractivity contribution in [2.75, 3.05) is 24.7 Å². The number of aliphatic hydroxyl groups is 1. The number of guanidine groups is 1. The number of rotatable bonds is 4. The number of unbranched alkanes of at least 4 members (excludes halogenated alkanes) is 1. The van der Waals surface area contributed by atoms with Gasteiger partial charge >= 0.3 is 0 Å². The Bertz CT molecular complexity index is 976. The van der Waals surface area contributed by atoms with E-state index < -0.39 is 0 Å². The molecule has 4 N–H and O–H groups in total. The lowest BCUT2D eigenvalue weighted by atomic mass is 9.42. The van der Waals surface area contributed by atoms with Crippen molar-refractivity contribution in [1.29, 1.82) is 0 Å². The van der Waals surface area contributed by atoms with E-state index in [2.05, 4.69) is 28.0 Å². The fourth-order valence-electron chi connectivity index (χ4n) is 10.3. The van der Waals surface area contributed by atoms with Crippen LogP contribution in [0.2, 0.25) is 0 Å². The van der Waals surface area contributed by atoms with E-state index >= 15 is 0 Å². The minimum atomic E-state index is 0.00165. The third-order valence-corrected chi connectivity index (χ3v) is 14.6. The standard InChI is InChI=1S/C30H47N3O2S2/c1-27-13-16-36-37-20-29(12-14-32-26(31)33-29)11-6-7-22-23-17-21(27)18-28(9-3-4-10-28)25(8-2-5-15-34)30(23,27)19-24(22)35/h21,25,34H,2-20H2,1H3,(H3,31,32,33). The third kappa shape index (κ3) is 4.15. The summed E-state index contributed by atoms with van der Waals surface area (Å²) in [5, 5.41) is 13.2. The van der Waals surface area contributed by atoms with Crippen LogP contribution in [0.1, 0.15) is 103 Å². The number of nitrogens with zero attached hydrogens (tertiary/aromatic N) is 1. The summed E-state index contributed by atoms with van der Waals surface area (Å²) < 4.78 is 0. The van der Waals surface area contributed by atoms with Gasteiger partial charge in [-0.25, -0.2) is 0 Å². The molecular formula is C30H47N3O2S2. The van der Waals surface area contributed by atoms with Crippen LogP contribution in [0.5, 0.6) is 0 Å². The van der Waals surface area contributed by atoms with Crippen molar-refractivity contribution in [3.63, 3.8) is 0 Å². The molecule has 6 rings (SSSR count). The molecule has 4 aliphatic carbocycles. The number of hydrogen-bond donors (Lipinski definition) is 3. The molecule has 3 spiro atoms. The number of ketones is 1. The van der Waals surface area contributed by atoms with Crippen LogP contribution in [0.15, 0.2) is 16.1 Å². The Morgan fingerprint density at radius 3 is 2.73 bits per heavy atom. The summed E-state index contributed by atoms with van der Waals surface area (Å²) in [6.07, 6.45) is 17.3. The zero-order valence-corrected chi connectivity index (χ0v) is 24.4. The van der Waals surface area contributed by atoms with Crippen LogP contribution in [0.25, 0.3) is 0 Å². The molecule has 0 radical (unpaired) electrons. The summed E-state index contributed by atoms with van der Waals surface area (Å²) in [5.74, 6) is 4.62. The Kier molecular flexibility index (Phi) is 7.23. The average molecular weight is 546 g/mol. The quantitative estimate of drug-likeness (QED) is 0.296. The van der Waals surface area contributed by atoms with E-state index in [1.807, 2.05) is 10.8 Å². The van der Waals surface area contributed by atoms with E-state index in [-0.39, 0.29) is 16.4 Å². The van der Waals surface area contributed by atoms with Gasteiger partial charge in [-0.2, -0.15) is 0 Å². The van der Waals surface area contributed by atoms with Crippen LogP contribution >= 0.6 is 21.6 Å². The topological polar surface area (TPSA) is 87.7 Å². The minimum Gasteiger partial charge on any atom is -0.396 e. The second-order valence-corrected chi connectivity index (χ2v) is 16.1. The first-order chi connectivity index (χ1) is 17.9. The molecule has 7 heteroatoms. The molecule has 37 heavy (non-hydrogen) atoms. The third-order valence-electron chi connectivity index (χ3n) is 12.0. The first-order valence-electron chi connectivity index (χ1n) is 15.1. The molecule has 5 atom stereocenters. The van der Waals surface area contributed by atoms with Crippen molar-refractivity contribution < 1.29 is 9.90 Å². The van der Waals surface area contributed by atoms with Crippen molar-refractivity contribution in [2.24, 2.45) is 38.8 Å². The molecule has 2 heterocycles. The van der Waals surface area contributed by atoms with Gasteiger partial charge in [-0.05, 0) is 98.9 Å². The van der Waals surface area contributed by atoms with Crippen LogP contribution in [0, 0.1) is 28.1 Å².